The summed E-state index contributed by atoms with van der Waals surface area (Å²) < 4.78 is 5.23. The topological polar surface area (TPSA) is 71.3 Å². The molecule has 1 amide bonds. The smallest absolute Gasteiger partial charge is 0.274 e. The number of rotatable bonds is 6. The van der Waals surface area contributed by atoms with E-state index in [9.17, 15) is 4.79 Å². The minimum Gasteiger partial charge on any atom is -0.467 e. The van der Waals surface area contributed by atoms with Gasteiger partial charge in [0, 0.05) is 13.6 Å². The van der Waals surface area contributed by atoms with Crippen LogP contribution in [0.15, 0.2) is 65.5 Å². The molecule has 0 aliphatic carbocycles. The molecule has 24 heavy (non-hydrogen) atoms. The highest BCUT2D eigenvalue weighted by atomic mass is 16.3. The van der Waals surface area contributed by atoms with Gasteiger partial charge < -0.3 is 14.6 Å². The molecule has 1 aromatic carbocycles. The monoisotopic (exact) mass is 322 g/mol. The van der Waals surface area contributed by atoms with Gasteiger partial charge in [0.25, 0.3) is 5.91 Å². The molecule has 0 aliphatic heterocycles. The molecule has 0 fully saturated rings. The second-order valence-corrected chi connectivity index (χ2v) is 5.37. The Morgan fingerprint density at radius 1 is 1.12 bits per heavy atom. The summed E-state index contributed by atoms with van der Waals surface area (Å²) in [4.78, 5) is 22.4. The number of anilines is 1. The maximum absolute atomic E-state index is 12.4. The fourth-order valence-corrected chi connectivity index (χ4v) is 2.25. The van der Waals surface area contributed by atoms with E-state index in [-0.39, 0.29) is 5.91 Å². The summed E-state index contributed by atoms with van der Waals surface area (Å²) in [7, 11) is 1.75. The number of carbonyl (C=O) groups excluding carboxylic acids is 1. The molecule has 1 N–H and O–H groups in total. The molecule has 0 spiro atoms. The number of nitrogens with one attached hydrogen (secondary N) is 1. The van der Waals surface area contributed by atoms with Crippen LogP contribution < -0.4 is 5.32 Å². The van der Waals surface area contributed by atoms with Crippen molar-refractivity contribution in [3.8, 4) is 0 Å². The van der Waals surface area contributed by atoms with Gasteiger partial charge in [-0.1, -0.05) is 30.3 Å². The number of furan rings is 1. The minimum atomic E-state index is -0.163. The Kier molecular flexibility index (Phi) is 4.86. The summed E-state index contributed by atoms with van der Waals surface area (Å²) in [6, 6.07) is 13.5. The van der Waals surface area contributed by atoms with Gasteiger partial charge >= 0.3 is 0 Å². The van der Waals surface area contributed by atoms with E-state index in [1.807, 2.05) is 42.5 Å². The summed E-state index contributed by atoms with van der Waals surface area (Å²) >= 11 is 0. The first-order valence-electron chi connectivity index (χ1n) is 7.60. The van der Waals surface area contributed by atoms with E-state index in [0.717, 1.165) is 11.3 Å². The van der Waals surface area contributed by atoms with Crippen LogP contribution in [0.5, 0.6) is 0 Å². The van der Waals surface area contributed by atoms with Crippen LogP contribution in [0.1, 0.15) is 21.8 Å². The number of carbonyl (C=O) groups is 1. The first-order chi connectivity index (χ1) is 11.7. The van der Waals surface area contributed by atoms with Gasteiger partial charge in [-0.3, -0.25) is 4.79 Å². The first kappa shape index (κ1) is 15.7. The van der Waals surface area contributed by atoms with Crippen molar-refractivity contribution in [1.82, 2.24) is 14.9 Å². The van der Waals surface area contributed by atoms with Crippen LogP contribution in [-0.2, 0) is 13.1 Å². The molecule has 2 heterocycles. The lowest BCUT2D eigenvalue weighted by molar-refractivity contribution is 0.0779. The van der Waals surface area contributed by atoms with Crippen molar-refractivity contribution in [2.24, 2.45) is 0 Å². The third-order valence-corrected chi connectivity index (χ3v) is 3.50. The van der Waals surface area contributed by atoms with E-state index in [0.29, 0.717) is 24.6 Å². The molecule has 3 aromatic rings. The van der Waals surface area contributed by atoms with Crippen LogP contribution in [0.25, 0.3) is 0 Å². The van der Waals surface area contributed by atoms with Crippen molar-refractivity contribution in [2.45, 2.75) is 13.1 Å². The van der Waals surface area contributed by atoms with Gasteiger partial charge in [-0.05, 0) is 17.7 Å². The van der Waals surface area contributed by atoms with E-state index in [2.05, 4.69) is 15.3 Å². The molecule has 122 valence electrons. The van der Waals surface area contributed by atoms with Crippen molar-refractivity contribution >= 4 is 11.7 Å². The Labute approximate surface area is 140 Å². The fraction of sp³-hybridized carbons (Fsp3) is 0.167. The highest BCUT2D eigenvalue weighted by Gasteiger charge is 2.14. The van der Waals surface area contributed by atoms with Gasteiger partial charge in [0.1, 0.15) is 17.3 Å². The van der Waals surface area contributed by atoms with Crippen LogP contribution in [0.4, 0.5) is 5.82 Å². The number of nitrogens with zero attached hydrogens (tertiary/aromatic N) is 3. The number of amides is 1. The molecule has 0 aliphatic rings. The predicted octanol–water partition coefficient (Wildman–Crippen LogP) is 2.95. The zero-order valence-electron chi connectivity index (χ0n) is 13.3. The minimum absolute atomic E-state index is 0.163. The third kappa shape index (κ3) is 3.98. The van der Waals surface area contributed by atoms with Crippen molar-refractivity contribution in [2.75, 3.05) is 12.4 Å². The Balaban J connectivity index is 1.58. The van der Waals surface area contributed by atoms with Crippen LogP contribution in [0.3, 0.4) is 0 Å². The van der Waals surface area contributed by atoms with Crippen LogP contribution >= 0.6 is 0 Å². The molecular formula is C18H18N4O2. The van der Waals surface area contributed by atoms with Gasteiger partial charge in [-0.2, -0.15) is 0 Å². The second-order valence-electron chi connectivity index (χ2n) is 5.37. The molecule has 3 rings (SSSR count). The summed E-state index contributed by atoms with van der Waals surface area (Å²) in [5.74, 6) is 1.23. The quantitative estimate of drug-likeness (QED) is 0.755. The predicted molar refractivity (Wildman–Crippen MR) is 90.3 cm³/mol. The SMILES string of the molecule is CN(Cc1ccccc1)C(=O)c1cnc(NCc2ccco2)cn1. The summed E-state index contributed by atoms with van der Waals surface area (Å²) in [6.07, 6.45) is 4.65. The molecule has 0 saturated carbocycles. The molecule has 0 atom stereocenters. The average molecular weight is 322 g/mol. The summed E-state index contributed by atoms with van der Waals surface area (Å²) in [6.45, 7) is 1.04. The van der Waals surface area contributed by atoms with Gasteiger partial charge in [-0.15, -0.1) is 0 Å². The molecule has 6 nitrogen and oxygen atoms in total. The van der Waals surface area contributed by atoms with Crippen molar-refractivity contribution in [1.29, 1.82) is 0 Å². The molecule has 6 heteroatoms. The van der Waals surface area contributed by atoms with E-state index in [4.69, 9.17) is 4.42 Å². The van der Waals surface area contributed by atoms with Crippen molar-refractivity contribution < 1.29 is 9.21 Å². The number of aromatic nitrogens is 2. The van der Waals surface area contributed by atoms with Crippen LogP contribution in [-0.4, -0.2) is 27.8 Å². The lowest BCUT2D eigenvalue weighted by Crippen LogP contribution is -2.27. The van der Waals surface area contributed by atoms with E-state index < -0.39 is 0 Å². The van der Waals surface area contributed by atoms with Gasteiger partial charge in [0.2, 0.25) is 0 Å². The standard InChI is InChI=1S/C18H18N4O2/c1-22(13-14-6-3-2-4-7-14)18(23)16-11-21-17(12-19-16)20-10-15-8-5-9-24-15/h2-9,11-12H,10,13H2,1H3,(H,20,21). The Morgan fingerprint density at radius 3 is 2.62 bits per heavy atom. The van der Waals surface area contributed by atoms with Crippen molar-refractivity contribution in [3.05, 3.63) is 78.1 Å². The molecule has 0 bridgehead atoms. The van der Waals surface area contributed by atoms with E-state index >= 15 is 0 Å². The largest absolute Gasteiger partial charge is 0.467 e. The van der Waals surface area contributed by atoms with Crippen molar-refractivity contribution in [3.63, 3.8) is 0 Å². The van der Waals surface area contributed by atoms with E-state index in [1.165, 1.54) is 6.20 Å². The second kappa shape index (κ2) is 7.41. The Bertz CT molecular complexity index is 771. The lowest BCUT2D eigenvalue weighted by Gasteiger charge is -2.16. The van der Waals surface area contributed by atoms with Crippen LogP contribution in [0, 0.1) is 0 Å². The normalized spacial score (nSPS) is 10.4. The van der Waals surface area contributed by atoms with Gasteiger partial charge in [0.15, 0.2) is 0 Å². The number of benzene rings is 1. The maximum atomic E-state index is 12.4. The first-order valence-corrected chi connectivity index (χ1v) is 7.60. The fourth-order valence-electron chi connectivity index (χ4n) is 2.25. The Morgan fingerprint density at radius 2 is 1.96 bits per heavy atom. The molecule has 0 saturated heterocycles. The zero-order chi connectivity index (χ0) is 16.8. The number of hydrogen-bond donors (Lipinski definition) is 1. The van der Waals surface area contributed by atoms with Gasteiger partial charge in [-0.25, -0.2) is 9.97 Å². The maximum Gasteiger partial charge on any atom is 0.274 e. The summed E-state index contributed by atoms with van der Waals surface area (Å²) in [5.41, 5.74) is 1.38. The summed E-state index contributed by atoms with van der Waals surface area (Å²) in [5, 5.41) is 3.09. The van der Waals surface area contributed by atoms with E-state index in [1.54, 1.807) is 24.4 Å². The third-order valence-electron chi connectivity index (χ3n) is 3.50. The highest BCUT2D eigenvalue weighted by molar-refractivity contribution is 5.91. The average Bonchev–Trinajstić information content (AvgIpc) is 3.14. The highest BCUT2D eigenvalue weighted by Crippen LogP contribution is 2.09. The Hall–Kier alpha value is -3.15. The lowest BCUT2D eigenvalue weighted by atomic mass is 10.2. The zero-order valence-corrected chi connectivity index (χ0v) is 13.3. The van der Waals surface area contributed by atoms with Gasteiger partial charge in [0.05, 0.1) is 25.2 Å². The molecular weight excluding hydrogens is 304 g/mol. The number of hydrogen-bond acceptors (Lipinski definition) is 5. The molecule has 2 aromatic heterocycles. The molecule has 0 radical (unpaired) electrons. The van der Waals surface area contributed by atoms with Crippen LogP contribution in [0.2, 0.25) is 0 Å². The molecule has 0 unspecified atom stereocenters.